The standard InChI is InChI=1S/C11H21NO3/c1-4-10(3)12-8-11(13)9-15-7-6-14-5-2/h1,10-13H,5-9H2,2-3H3. The first-order valence-electron chi connectivity index (χ1n) is 5.23. The van der Waals surface area contributed by atoms with Crippen LogP contribution in [0.4, 0.5) is 0 Å². The molecule has 0 amide bonds. The molecular weight excluding hydrogens is 194 g/mol. The third kappa shape index (κ3) is 9.70. The van der Waals surface area contributed by atoms with Crippen LogP contribution in [0.2, 0.25) is 0 Å². The van der Waals surface area contributed by atoms with Crippen molar-refractivity contribution in [3.63, 3.8) is 0 Å². The molecule has 0 aromatic heterocycles. The summed E-state index contributed by atoms with van der Waals surface area (Å²) in [6.45, 7) is 6.31. The number of rotatable bonds is 9. The Morgan fingerprint density at radius 1 is 1.40 bits per heavy atom. The van der Waals surface area contributed by atoms with Crippen LogP contribution in [0.1, 0.15) is 13.8 Å². The van der Waals surface area contributed by atoms with Crippen LogP contribution in [0.5, 0.6) is 0 Å². The van der Waals surface area contributed by atoms with Crippen molar-refractivity contribution in [2.75, 3.05) is 33.0 Å². The number of terminal acetylenes is 1. The first kappa shape index (κ1) is 14.4. The molecule has 0 aromatic rings. The minimum Gasteiger partial charge on any atom is -0.389 e. The van der Waals surface area contributed by atoms with Gasteiger partial charge in [0.05, 0.1) is 32.0 Å². The van der Waals surface area contributed by atoms with Gasteiger partial charge in [-0.25, -0.2) is 0 Å². The molecule has 2 N–H and O–H groups in total. The van der Waals surface area contributed by atoms with Crippen LogP contribution in [0, 0.1) is 12.3 Å². The Labute approximate surface area is 92.0 Å². The highest BCUT2D eigenvalue weighted by Gasteiger charge is 2.05. The van der Waals surface area contributed by atoms with Gasteiger partial charge < -0.3 is 19.9 Å². The van der Waals surface area contributed by atoms with E-state index in [1.54, 1.807) is 0 Å². The first-order valence-corrected chi connectivity index (χ1v) is 5.23. The lowest BCUT2D eigenvalue weighted by atomic mass is 10.3. The summed E-state index contributed by atoms with van der Waals surface area (Å²) in [6, 6.07) is -0.0249. The zero-order valence-corrected chi connectivity index (χ0v) is 9.53. The molecule has 0 heterocycles. The highest BCUT2D eigenvalue weighted by Crippen LogP contribution is 1.86. The molecule has 2 unspecified atom stereocenters. The van der Waals surface area contributed by atoms with E-state index in [0.717, 1.165) is 0 Å². The number of ether oxygens (including phenoxy) is 2. The van der Waals surface area contributed by atoms with Crippen LogP contribution in [0.15, 0.2) is 0 Å². The molecule has 0 fully saturated rings. The van der Waals surface area contributed by atoms with Gasteiger partial charge >= 0.3 is 0 Å². The van der Waals surface area contributed by atoms with E-state index >= 15 is 0 Å². The van der Waals surface area contributed by atoms with Gasteiger partial charge in [0, 0.05) is 13.2 Å². The lowest BCUT2D eigenvalue weighted by molar-refractivity contribution is 0.00627. The molecular formula is C11H21NO3. The van der Waals surface area contributed by atoms with Gasteiger partial charge in [0.2, 0.25) is 0 Å². The Bertz CT molecular complexity index is 179. The second-order valence-electron chi connectivity index (χ2n) is 3.22. The molecule has 0 aromatic carbocycles. The fourth-order valence-electron chi connectivity index (χ4n) is 0.912. The lowest BCUT2D eigenvalue weighted by Gasteiger charge is -2.13. The third-order valence-electron chi connectivity index (χ3n) is 1.80. The van der Waals surface area contributed by atoms with E-state index in [4.69, 9.17) is 15.9 Å². The Morgan fingerprint density at radius 2 is 2.07 bits per heavy atom. The Kier molecular flexibility index (Phi) is 9.54. The molecule has 0 aliphatic rings. The highest BCUT2D eigenvalue weighted by atomic mass is 16.5. The summed E-state index contributed by atoms with van der Waals surface area (Å²) in [5.41, 5.74) is 0. The molecule has 0 saturated heterocycles. The number of hydrogen-bond donors (Lipinski definition) is 2. The molecule has 0 rings (SSSR count). The van der Waals surface area contributed by atoms with Crippen molar-refractivity contribution in [2.24, 2.45) is 0 Å². The zero-order valence-electron chi connectivity index (χ0n) is 9.53. The minimum absolute atomic E-state index is 0.0249. The number of nitrogens with one attached hydrogen (secondary N) is 1. The van der Waals surface area contributed by atoms with E-state index in [2.05, 4.69) is 11.2 Å². The predicted octanol–water partition coefficient (Wildman–Crippen LogP) is 0.0117. The third-order valence-corrected chi connectivity index (χ3v) is 1.80. The summed E-state index contributed by atoms with van der Waals surface area (Å²) >= 11 is 0. The average molecular weight is 215 g/mol. The summed E-state index contributed by atoms with van der Waals surface area (Å²) in [7, 11) is 0. The number of aliphatic hydroxyl groups excluding tert-OH is 1. The van der Waals surface area contributed by atoms with Gasteiger partial charge in [-0.1, -0.05) is 5.92 Å². The highest BCUT2D eigenvalue weighted by molar-refractivity contribution is 4.95. The number of hydrogen-bond acceptors (Lipinski definition) is 4. The first-order chi connectivity index (χ1) is 7.20. The molecule has 4 heteroatoms. The SMILES string of the molecule is C#CC(C)NCC(O)COCCOCC. The molecule has 88 valence electrons. The van der Waals surface area contributed by atoms with Crippen molar-refractivity contribution in [3.05, 3.63) is 0 Å². The second-order valence-corrected chi connectivity index (χ2v) is 3.22. The maximum Gasteiger partial charge on any atom is 0.0898 e. The van der Waals surface area contributed by atoms with Crippen molar-refractivity contribution in [2.45, 2.75) is 26.0 Å². The quantitative estimate of drug-likeness (QED) is 0.420. The summed E-state index contributed by atoms with van der Waals surface area (Å²) in [5.74, 6) is 2.52. The summed E-state index contributed by atoms with van der Waals surface area (Å²) in [4.78, 5) is 0. The molecule has 0 bridgehead atoms. The van der Waals surface area contributed by atoms with E-state index in [1.807, 2.05) is 13.8 Å². The predicted molar refractivity (Wildman–Crippen MR) is 59.6 cm³/mol. The van der Waals surface area contributed by atoms with Gasteiger partial charge in [0.1, 0.15) is 0 Å². The molecule has 0 saturated carbocycles. The van der Waals surface area contributed by atoms with Gasteiger partial charge in [-0.15, -0.1) is 6.42 Å². The molecule has 0 radical (unpaired) electrons. The van der Waals surface area contributed by atoms with E-state index in [1.165, 1.54) is 0 Å². The van der Waals surface area contributed by atoms with Gasteiger partial charge in [-0.05, 0) is 13.8 Å². The summed E-state index contributed by atoms with van der Waals surface area (Å²) in [6.07, 6.45) is 4.65. The summed E-state index contributed by atoms with van der Waals surface area (Å²) in [5, 5.41) is 12.4. The molecule has 4 nitrogen and oxygen atoms in total. The largest absolute Gasteiger partial charge is 0.389 e. The smallest absolute Gasteiger partial charge is 0.0898 e. The van der Waals surface area contributed by atoms with E-state index < -0.39 is 6.10 Å². The fourth-order valence-corrected chi connectivity index (χ4v) is 0.912. The normalized spacial score (nSPS) is 14.5. The molecule has 0 spiro atoms. The van der Waals surface area contributed by atoms with Crippen LogP contribution in [0.3, 0.4) is 0 Å². The van der Waals surface area contributed by atoms with Gasteiger partial charge in [-0.3, -0.25) is 0 Å². The van der Waals surface area contributed by atoms with Gasteiger partial charge in [0.25, 0.3) is 0 Å². The fraction of sp³-hybridized carbons (Fsp3) is 0.818. The van der Waals surface area contributed by atoms with Gasteiger partial charge in [-0.2, -0.15) is 0 Å². The Balaban J connectivity index is 3.26. The average Bonchev–Trinajstić information content (AvgIpc) is 2.25. The molecule has 2 atom stereocenters. The van der Waals surface area contributed by atoms with Crippen molar-refractivity contribution in [1.82, 2.24) is 5.32 Å². The molecule has 15 heavy (non-hydrogen) atoms. The monoisotopic (exact) mass is 215 g/mol. The van der Waals surface area contributed by atoms with Crippen LogP contribution in [0.25, 0.3) is 0 Å². The molecule has 0 aliphatic heterocycles. The Morgan fingerprint density at radius 3 is 2.67 bits per heavy atom. The Hall–Kier alpha value is -0.600. The maximum absolute atomic E-state index is 9.45. The summed E-state index contributed by atoms with van der Waals surface area (Å²) < 4.78 is 10.3. The van der Waals surface area contributed by atoms with Crippen molar-refractivity contribution >= 4 is 0 Å². The minimum atomic E-state index is -0.526. The van der Waals surface area contributed by atoms with E-state index in [9.17, 15) is 5.11 Å². The topological polar surface area (TPSA) is 50.7 Å². The lowest BCUT2D eigenvalue weighted by Crippen LogP contribution is -2.35. The maximum atomic E-state index is 9.45. The van der Waals surface area contributed by atoms with E-state index in [-0.39, 0.29) is 6.04 Å². The van der Waals surface area contributed by atoms with Gasteiger partial charge in [0.15, 0.2) is 0 Å². The van der Waals surface area contributed by atoms with E-state index in [0.29, 0.717) is 33.0 Å². The zero-order chi connectivity index (χ0) is 11.5. The number of aliphatic hydroxyl groups is 1. The second kappa shape index (κ2) is 9.94. The van der Waals surface area contributed by atoms with Crippen LogP contribution in [-0.4, -0.2) is 50.2 Å². The van der Waals surface area contributed by atoms with Crippen LogP contribution in [-0.2, 0) is 9.47 Å². The van der Waals surface area contributed by atoms with Crippen molar-refractivity contribution < 1.29 is 14.6 Å². The van der Waals surface area contributed by atoms with Crippen LogP contribution >= 0.6 is 0 Å². The van der Waals surface area contributed by atoms with Crippen LogP contribution < -0.4 is 5.32 Å². The van der Waals surface area contributed by atoms with Crippen molar-refractivity contribution in [1.29, 1.82) is 0 Å². The van der Waals surface area contributed by atoms with Crippen molar-refractivity contribution in [3.8, 4) is 12.3 Å². The molecule has 0 aliphatic carbocycles.